The summed E-state index contributed by atoms with van der Waals surface area (Å²) in [6, 6.07) is 6.45. The van der Waals surface area contributed by atoms with Gasteiger partial charge in [0.2, 0.25) is 0 Å². The molecule has 1 N–H and O–H groups in total. The Morgan fingerprint density at radius 1 is 1.44 bits per heavy atom. The van der Waals surface area contributed by atoms with Crippen LogP contribution in [0, 0.1) is 11.8 Å². The van der Waals surface area contributed by atoms with Gasteiger partial charge in [-0.3, -0.25) is 4.98 Å². The second kappa shape index (κ2) is 6.14. The van der Waals surface area contributed by atoms with Crippen molar-refractivity contribution in [1.29, 1.82) is 0 Å². The van der Waals surface area contributed by atoms with Crippen LogP contribution in [0.5, 0.6) is 0 Å². The van der Waals surface area contributed by atoms with Gasteiger partial charge < -0.3 is 5.32 Å². The fourth-order valence-electron chi connectivity index (χ4n) is 2.92. The van der Waals surface area contributed by atoms with Crippen molar-refractivity contribution < 1.29 is 0 Å². The Balaban J connectivity index is 1.83. The molecule has 2 rings (SSSR count). The van der Waals surface area contributed by atoms with E-state index in [0.717, 1.165) is 24.1 Å². The summed E-state index contributed by atoms with van der Waals surface area (Å²) < 4.78 is 0. The number of allylic oxidation sites excluding steroid dienone is 2. The molecule has 0 spiro atoms. The molecule has 0 aliphatic heterocycles. The fraction of sp³-hybridized carbons (Fsp3) is 0.562. The van der Waals surface area contributed by atoms with Crippen LogP contribution < -0.4 is 5.32 Å². The van der Waals surface area contributed by atoms with Crippen LogP contribution in [-0.2, 0) is 0 Å². The maximum atomic E-state index is 4.40. The number of aromatic nitrogens is 1. The predicted octanol–water partition coefficient (Wildman–Crippen LogP) is 3.72. The van der Waals surface area contributed by atoms with Crippen molar-refractivity contribution in [3.63, 3.8) is 0 Å². The van der Waals surface area contributed by atoms with Crippen molar-refractivity contribution in [2.45, 2.75) is 39.7 Å². The maximum Gasteiger partial charge on any atom is 0.0570 e. The Morgan fingerprint density at radius 2 is 2.28 bits per heavy atom. The highest BCUT2D eigenvalue weighted by atomic mass is 14.9. The first kappa shape index (κ1) is 13.3. The van der Waals surface area contributed by atoms with Crippen LogP contribution in [0.4, 0.5) is 0 Å². The molecule has 98 valence electrons. The van der Waals surface area contributed by atoms with E-state index >= 15 is 0 Å². The first-order valence-electron chi connectivity index (χ1n) is 6.96. The van der Waals surface area contributed by atoms with Crippen LogP contribution in [0.15, 0.2) is 36.0 Å². The summed E-state index contributed by atoms with van der Waals surface area (Å²) >= 11 is 0. The predicted molar refractivity (Wildman–Crippen MR) is 76.3 cm³/mol. The summed E-state index contributed by atoms with van der Waals surface area (Å²) in [6.07, 6.45) is 6.83. The average molecular weight is 244 g/mol. The average Bonchev–Trinajstić information content (AvgIpc) is 2.36. The Morgan fingerprint density at radius 3 is 2.94 bits per heavy atom. The minimum atomic E-state index is 0.340. The molecule has 1 aliphatic carbocycles. The minimum Gasteiger partial charge on any atom is -0.309 e. The third kappa shape index (κ3) is 3.67. The van der Waals surface area contributed by atoms with E-state index in [1.54, 1.807) is 5.57 Å². The second-order valence-corrected chi connectivity index (χ2v) is 5.68. The number of rotatable bonds is 4. The van der Waals surface area contributed by atoms with Gasteiger partial charge in [0.25, 0.3) is 0 Å². The zero-order valence-electron chi connectivity index (χ0n) is 11.7. The standard InChI is InChI=1S/C16H24N2/c1-12-8-13(2)10-15(9-12)11-18-14(3)16-6-4-5-7-17-16/h4-8,12,14-15,18H,9-11H2,1-3H3/t12?,14-,15?/m1/s1. The van der Waals surface area contributed by atoms with Gasteiger partial charge in [-0.05, 0) is 57.2 Å². The normalized spacial score (nSPS) is 25.6. The molecule has 0 saturated carbocycles. The van der Waals surface area contributed by atoms with Crippen molar-refractivity contribution in [1.82, 2.24) is 10.3 Å². The first-order chi connectivity index (χ1) is 8.65. The lowest BCUT2D eigenvalue weighted by Crippen LogP contribution is -2.28. The summed E-state index contributed by atoms with van der Waals surface area (Å²) in [6.45, 7) is 7.85. The van der Waals surface area contributed by atoms with Crippen molar-refractivity contribution >= 4 is 0 Å². The van der Waals surface area contributed by atoms with E-state index in [9.17, 15) is 0 Å². The zero-order valence-corrected chi connectivity index (χ0v) is 11.7. The smallest absolute Gasteiger partial charge is 0.0570 e. The number of hydrogen-bond acceptors (Lipinski definition) is 2. The second-order valence-electron chi connectivity index (χ2n) is 5.68. The van der Waals surface area contributed by atoms with E-state index in [-0.39, 0.29) is 0 Å². The van der Waals surface area contributed by atoms with E-state index < -0.39 is 0 Å². The number of pyridine rings is 1. The summed E-state index contributed by atoms with van der Waals surface area (Å²) in [5.74, 6) is 1.51. The Kier molecular flexibility index (Phi) is 4.54. The number of nitrogens with one attached hydrogen (secondary N) is 1. The van der Waals surface area contributed by atoms with Crippen LogP contribution in [0.2, 0.25) is 0 Å². The molecular formula is C16H24N2. The van der Waals surface area contributed by atoms with E-state index in [1.807, 2.05) is 12.3 Å². The Bertz CT molecular complexity index is 397. The van der Waals surface area contributed by atoms with Crippen LogP contribution >= 0.6 is 0 Å². The SMILES string of the molecule is CC1=CC(C)CC(CN[C@H](C)c2ccccn2)C1. The third-order valence-electron chi connectivity index (χ3n) is 3.73. The van der Waals surface area contributed by atoms with Gasteiger partial charge in [0.1, 0.15) is 0 Å². The van der Waals surface area contributed by atoms with Gasteiger partial charge in [-0.1, -0.05) is 24.6 Å². The molecule has 0 aromatic carbocycles. The molecule has 2 nitrogen and oxygen atoms in total. The molecule has 1 aromatic heterocycles. The molecule has 0 radical (unpaired) electrons. The van der Waals surface area contributed by atoms with Gasteiger partial charge >= 0.3 is 0 Å². The van der Waals surface area contributed by atoms with Gasteiger partial charge in [0.05, 0.1) is 5.69 Å². The van der Waals surface area contributed by atoms with Gasteiger partial charge in [-0.15, -0.1) is 0 Å². The first-order valence-corrected chi connectivity index (χ1v) is 6.96. The Labute approximate surface area is 111 Å². The molecule has 3 atom stereocenters. The Hall–Kier alpha value is -1.15. The number of nitrogens with zero attached hydrogens (tertiary/aromatic N) is 1. The molecule has 1 aromatic rings. The highest BCUT2D eigenvalue weighted by molar-refractivity contribution is 5.09. The summed E-state index contributed by atoms with van der Waals surface area (Å²) in [7, 11) is 0. The van der Waals surface area contributed by atoms with Gasteiger partial charge in [0, 0.05) is 12.2 Å². The summed E-state index contributed by atoms with van der Waals surface area (Å²) in [4.78, 5) is 4.40. The van der Waals surface area contributed by atoms with Crippen molar-refractivity contribution in [3.05, 3.63) is 41.7 Å². The summed E-state index contributed by atoms with van der Waals surface area (Å²) in [5.41, 5.74) is 2.68. The lowest BCUT2D eigenvalue weighted by molar-refractivity contribution is 0.365. The molecular weight excluding hydrogens is 220 g/mol. The largest absolute Gasteiger partial charge is 0.309 e. The zero-order chi connectivity index (χ0) is 13.0. The van der Waals surface area contributed by atoms with E-state index in [4.69, 9.17) is 0 Å². The minimum absolute atomic E-state index is 0.340. The van der Waals surface area contributed by atoms with E-state index in [1.165, 1.54) is 12.8 Å². The van der Waals surface area contributed by atoms with Crippen LogP contribution in [0.3, 0.4) is 0 Å². The van der Waals surface area contributed by atoms with Crippen LogP contribution in [0.1, 0.15) is 45.3 Å². The van der Waals surface area contributed by atoms with Crippen molar-refractivity contribution in [3.8, 4) is 0 Å². The molecule has 2 heteroatoms. The maximum absolute atomic E-state index is 4.40. The lowest BCUT2D eigenvalue weighted by Gasteiger charge is -2.27. The van der Waals surface area contributed by atoms with Crippen LogP contribution in [0.25, 0.3) is 0 Å². The molecule has 18 heavy (non-hydrogen) atoms. The highest BCUT2D eigenvalue weighted by Gasteiger charge is 2.18. The van der Waals surface area contributed by atoms with Crippen molar-refractivity contribution in [2.75, 3.05) is 6.54 Å². The molecule has 1 aliphatic rings. The molecule has 0 bridgehead atoms. The quantitative estimate of drug-likeness (QED) is 0.816. The molecule has 0 amide bonds. The monoisotopic (exact) mass is 244 g/mol. The van der Waals surface area contributed by atoms with Crippen LogP contribution in [-0.4, -0.2) is 11.5 Å². The molecule has 0 fully saturated rings. The van der Waals surface area contributed by atoms with Gasteiger partial charge in [0.15, 0.2) is 0 Å². The lowest BCUT2D eigenvalue weighted by atomic mass is 9.83. The van der Waals surface area contributed by atoms with E-state index in [0.29, 0.717) is 6.04 Å². The van der Waals surface area contributed by atoms with Gasteiger partial charge in [-0.2, -0.15) is 0 Å². The van der Waals surface area contributed by atoms with Gasteiger partial charge in [-0.25, -0.2) is 0 Å². The van der Waals surface area contributed by atoms with Crippen molar-refractivity contribution in [2.24, 2.45) is 11.8 Å². The fourth-order valence-corrected chi connectivity index (χ4v) is 2.92. The highest BCUT2D eigenvalue weighted by Crippen LogP contribution is 2.27. The molecule has 2 unspecified atom stereocenters. The topological polar surface area (TPSA) is 24.9 Å². The molecule has 1 heterocycles. The van der Waals surface area contributed by atoms with E-state index in [2.05, 4.69) is 49.3 Å². The summed E-state index contributed by atoms with van der Waals surface area (Å²) in [5, 5.41) is 3.62. The molecule has 0 saturated heterocycles. The third-order valence-corrected chi connectivity index (χ3v) is 3.73. The number of hydrogen-bond donors (Lipinski definition) is 1.